The predicted octanol–water partition coefficient (Wildman–Crippen LogP) is 4.11. The van der Waals surface area contributed by atoms with Gasteiger partial charge in [-0.15, -0.1) is 11.3 Å². The largest absolute Gasteiger partial charge is 0.360 e. The van der Waals surface area contributed by atoms with Crippen molar-refractivity contribution in [2.24, 2.45) is 0 Å². The number of carbonyl (C=O) groups is 1. The number of aromatic amines is 1. The van der Waals surface area contributed by atoms with Crippen LogP contribution in [0.2, 0.25) is 5.02 Å². The van der Waals surface area contributed by atoms with Crippen molar-refractivity contribution >= 4 is 39.6 Å². The highest BCUT2D eigenvalue weighted by atomic mass is 35.5. The molecule has 2 nitrogen and oxygen atoms in total. The average molecular weight is 262 g/mol. The minimum Gasteiger partial charge on any atom is -0.360 e. The molecule has 2 aromatic heterocycles. The number of H-pyrrole nitrogens is 1. The predicted molar refractivity (Wildman–Crippen MR) is 71.1 cm³/mol. The number of hydrogen-bond acceptors (Lipinski definition) is 2. The minimum absolute atomic E-state index is 0.0357. The number of rotatable bonds is 2. The van der Waals surface area contributed by atoms with Crippen LogP contribution in [0.1, 0.15) is 15.2 Å². The number of ketones is 1. The molecular formula is C13H8ClNOS. The molecule has 3 rings (SSSR count). The number of fused-ring (bicyclic) bond motifs is 1. The molecule has 84 valence electrons. The Labute approximate surface area is 107 Å². The molecule has 0 atom stereocenters. The number of halogens is 1. The van der Waals surface area contributed by atoms with Crippen molar-refractivity contribution in [3.63, 3.8) is 0 Å². The van der Waals surface area contributed by atoms with Gasteiger partial charge in [-0.2, -0.15) is 0 Å². The third kappa shape index (κ3) is 1.77. The summed E-state index contributed by atoms with van der Waals surface area (Å²) < 4.78 is 0. The van der Waals surface area contributed by atoms with E-state index in [0.717, 1.165) is 15.8 Å². The van der Waals surface area contributed by atoms with Gasteiger partial charge in [0.05, 0.1) is 4.88 Å². The monoisotopic (exact) mass is 261 g/mol. The summed E-state index contributed by atoms with van der Waals surface area (Å²) in [6.45, 7) is 0. The van der Waals surface area contributed by atoms with Crippen LogP contribution in [0.5, 0.6) is 0 Å². The van der Waals surface area contributed by atoms with E-state index in [1.54, 1.807) is 12.3 Å². The first-order valence-electron chi connectivity index (χ1n) is 5.10. The van der Waals surface area contributed by atoms with E-state index in [1.807, 2.05) is 29.6 Å². The van der Waals surface area contributed by atoms with E-state index in [4.69, 9.17) is 11.6 Å². The van der Waals surface area contributed by atoms with Crippen LogP contribution in [-0.4, -0.2) is 10.8 Å². The van der Waals surface area contributed by atoms with Gasteiger partial charge in [-0.05, 0) is 29.6 Å². The molecule has 0 aliphatic rings. The summed E-state index contributed by atoms with van der Waals surface area (Å²) in [5.41, 5.74) is 1.60. The molecule has 2 heterocycles. The van der Waals surface area contributed by atoms with Gasteiger partial charge < -0.3 is 4.98 Å². The summed E-state index contributed by atoms with van der Waals surface area (Å²) in [4.78, 5) is 16.1. The highest BCUT2D eigenvalue weighted by Gasteiger charge is 2.14. The molecule has 0 spiro atoms. The Morgan fingerprint density at radius 1 is 1.29 bits per heavy atom. The van der Waals surface area contributed by atoms with Crippen molar-refractivity contribution in [1.29, 1.82) is 0 Å². The lowest BCUT2D eigenvalue weighted by Gasteiger charge is -1.96. The van der Waals surface area contributed by atoms with Gasteiger partial charge in [-0.3, -0.25) is 4.79 Å². The van der Waals surface area contributed by atoms with E-state index in [0.29, 0.717) is 10.6 Å². The molecule has 0 radical (unpaired) electrons. The van der Waals surface area contributed by atoms with Crippen LogP contribution in [0.25, 0.3) is 10.9 Å². The van der Waals surface area contributed by atoms with Crippen LogP contribution in [0.15, 0.2) is 41.9 Å². The lowest BCUT2D eigenvalue weighted by molar-refractivity contribution is 0.104. The van der Waals surface area contributed by atoms with Gasteiger partial charge in [-0.1, -0.05) is 17.7 Å². The van der Waals surface area contributed by atoms with E-state index in [1.165, 1.54) is 11.3 Å². The lowest BCUT2D eigenvalue weighted by Crippen LogP contribution is -1.96. The van der Waals surface area contributed by atoms with Crippen LogP contribution in [0.3, 0.4) is 0 Å². The molecule has 0 aliphatic heterocycles. The van der Waals surface area contributed by atoms with Crippen molar-refractivity contribution in [2.75, 3.05) is 0 Å². The van der Waals surface area contributed by atoms with Gasteiger partial charge in [0.2, 0.25) is 5.78 Å². The lowest BCUT2D eigenvalue weighted by atomic mass is 10.1. The summed E-state index contributed by atoms with van der Waals surface area (Å²) in [7, 11) is 0. The summed E-state index contributed by atoms with van der Waals surface area (Å²) in [6, 6.07) is 9.20. The van der Waals surface area contributed by atoms with Gasteiger partial charge in [0, 0.05) is 27.7 Å². The zero-order valence-electron chi connectivity index (χ0n) is 8.74. The second-order valence-corrected chi connectivity index (χ2v) is 5.08. The number of benzene rings is 1. The SMILES string of the molecule is O=C(c1cccs1)c1c[nH]c2ccc(Cl)cc12. The summed E-state index contributed by atoms with van der Waals surface area (Å²) in [5, 5.41) is 3.41. The number of carbonyl (C=O) groups excluding carboxylic acids is 1. The van der Waals surface area contributed by atoms with E-state index >= 15 is 0 Å². The second kappa shape index (κ2) is 4.02. The maximum Gasteiger partial charge on any atom is 0.205 e. The molecule has 17 heavy (non-hydrogen) atoms. The summed E-state index contributed by atoms with van der Waals surface area (Å²) in [5.74, 6) is 0.0357. The van der Waals surface area contributed by atoms with Crippen molar-refractivity contribution in [3.8, 4) is 0 Å². The maximum absolute atomic E-state index is 12.2. The van der Waals surface area contributed by atoms with Crippen LogP contribution in [0, 0.1) is 0 Å². The fraction of sp³-hybridized carbons (Fsp3) is 0. The van der Waals surface area contributed by atoms with Crippen molar-refractivity contribution in [2.45, 2.75) is 0 Å². The zero-order chi connectivity index (χ0) is 11.8. The topological polar surface area (TPSA) is 32.9 Å². The van der Waals surface area contributed by atoms with E-state index < -0.39 is 0 Å². The van der Waals surface area contributed by atoms with Crippen LogP contribution in [-0.2, 0) is 0 Å². The molecule has 0 saturated heterocycles. The quantitative estimate of drug-likeness (QED) is 0.692. The van der Waals surface area contributed by atoms with Crippen LogP contribution < -0.4 is 0 Å². The molecule has 0 fully saturated rings. The standard InChI is InChI=1S/C13H8ClNOS/c14-8-3-4-11-9(6-8)10(7-15-11)13(16)12-2-1-5-17-12/h1-7,15H. The van der Waals surface area contributed by atoms with Crippen molar-refractivity contribution in [3.05, 3.63) is 57.4 Å². The van der Waals surface area contributed by atoms with Gasteiger partial charge in [-0.25, -0.2) is 0 Å². The maximum atomic E-state index is 12.2. The Morgan fingerprint density at radius 3 is 2.94 bits per heavy atom. The average Bonchev–Trinajstić information content (AvgIpc) is 2.97. The van der Waals surface area contributed by atoms with Crippen LogP contribution >= 0.6 is 22.9 Å². The zero-order valence-corrected chi connectivity index (χ0v) is 10.3. The fourth-order valence-electron chi connectivity index (χ4n) is 1.82. The van der Waals surface area contributed by atoms with E-state index in [-0.39, 0.29) is 5.78 Å². The van der Waals surface area contributed by atoms with Gasteiger partial charge in [0.15, 0.2) is 0 Å². The number of aromatic nitrogens is 1. The Kier molecular flexibility index (Phi) is 2.50. The molecule has 1 aromatic carbocycles. The molecule has 0 bridgehead atoms. The molecule has 1 N–H and O–H groups in total. The van der Waals surface area contributed by atoms with E-state index in [9.17, 15) is 4.79 Å². The first kappa shape index (κ1) is 10.6. The minimum atomic E-state index is 0.0357. The molecule has 0 aliphatic carbocycles. The molecule has 0 amide bonds. The normalized spacial score (nSPS) is 10.9. The first-order chi connectivity index (χ1) is 8.25. The van der Waals surface area contributed by atoms with E-state index in [2.05, 4.69) is 4.98 Å². The third-order valence-electron chi connectivity index (χ3n) is 2.63. The fourth-order valence-corrected chi connectivity index (χ4v) is 2.67. The first-order valence-corrected chi connectivity index (χ1v) is 6.36. The highest BCUT2D eigenvalue weighted by molar-refractivity contribution is 7.12. The second-order valence-electron chi connectivity index (χ2n) is 3.70. The Hall–Kier alpha value is -1.58. The smallest absolute Gasteiger partial charge is 0.205 e. The Morgan fingerprint density at radius 2 is 2.18 bits per heavy atom. The van der Waals surface area contributed by atoms with Gasteiger partial charge in [0.25, 0.3) is 0 Å². The summed E-state index contributed by atoms with van der Waals surface area (Å²) in [6.07, 6.45) is 1.74. The van der Waals surface area contributed by atoms with Gasteiger partial charge in [0.1, 0.15) is 0 Å². The molecule has 4 heteroatoms. The summed E-state index contributed by atoms with van der Waals surface area (Å²) >= 11 is 7.40. The molecule has 0 saturated carbocycles. The van der Waals surface area contributed by atoms with Crippen molar-refractivity contribution in [1.82, 2.24) is 4.98 Å². The van der Waals surface area contributed by atoms with Crippen LogP contribution in [0.4, 0.5) is 0 Å². The van der Waals surface area contributed by atoms with Crippen molar-refractivity contribution < 1.29 is 4.79 Å². The molecular weight excluding hydrogens is 254 g/mol. The Bertz CT molecular complexity index is 685. The number of hydrogen-bond donors (Lipinski definition) is 1. The molecule has 3 aromatic rings. The molecule has 0 unspecified atom stereocenters. The number of nitrogens with one attached hydrogen (secondary N) is 1. The van der Waals surface area contributed by atoms with Gasteiger partial charge >= 0.3 is 0 Å². The highest BCUT2D eigenvalue weighted by Crippen LogP contribution is 2.25. The Balaban J connectivity index is 2.18. The number of thiophene rings is 1. The third-order valence-corrected chi connectivity index (χ3v) is 3.74.